The summed E-state index contributed by atoms with van der Waals surface area (Å²) in [7, 11) is 0. The van der Waals surface area contributed by atoms with Crippen LogP contribution in [0.15, 0.2) is 54.6 Å². The topological polar surface area (TPSA) is 41.6 Å². The summed E-state index contributed by atoms with van der Waals surface area (Å²) in [6.07, 6.45) is -3.62. The maximum atomic E-state index is 12.7. The number of morpholine rings is 1. The lowest BCUT2D eigenvalue weighted by Crippen LogP contribution is -2.43. The molecule has 2 aliphatic heterocycles. The van der Waals surface area contributed by atoms with E-state index in [0.717, 1.165) is 30.7 Å². The first-order valence-electron chi connectivity index (χ1n) is 9.29. The van der Waals surface area contributed by atoms with E-state index in [1.807, 2.05) is 30.3 Å². The smallest absolute Gasteiger partial charge is 0.371 e. The highest BCUT2D eigenvalue weighted by atomic mass is 19.4. The van der Waals surface area contributed by atoms with Crippen molar-refractivity contribution in [2.24, 2.45) is 0 Å². The van der Waals surface area contributed by atoms with Crippen LogP contribution >= 0.6 is 0 Å². The van der Waals surface area contributed by atoms with E-state index in [4.69, 9.17) is 4.74 Å². The number of benzene rings is 2. The van der Waals surface area contributed by atoms with E-state index < -0.39 is 11.7 Å². The molecule has 2 aliphatic rings. The Bertz CT molecular complexity index is 824. The van der Waals surface area contributed by atoms with Gasteiger partial charge in [0.25, 0.3) is 5.91 Å². The Labute approximate surface area is 161 Å². The van der Waals surface area contributed by atoms with Crippen LogP contribution in [0.2, 0.25) is 0 Å². The van der Waals surface area contributed by atoms with E-state index in [-0.39, 0.29) is 29.7 Å². The zero-order valence-electron chi connectivity index (χ0n) is 15.2. The molecule has 3 atom stereocenters. The summed E-state index contributed by atoms with van der Waals surface area (Å²) in [5.41, 5.74) is 0.612. The summed E-state index contributed by atoms with van der Waals surface area (Å²) in [5.74, 6) is -0.348. The molecule has 0 unspecified atom stereocenters. The van der Waals surface area contributed by atoms with E-state index >= 15 is 0 Å². The molecule has 0 aliphatic carbocycles. The molecule has 1 N–H and O–H groups in total. The molecule has 28 heavy (non-hydrogen) atoms. The van der Waals surface area contributed by atoms with Gasteiger partial charge in [-0.25, -0.2) is 0 Å². The SMILES string of the molecule is O=C(N[C@@H]1C[C@H]2CO[C@@H](c3ccccc3)CN2C1)c1ccc(C(F)(F)F)cc1. The van der Waals surface area contributed by atoms with Gasteiger partial charge in [0, 0.05) is 30.7 Å². The Balaban J connectivity index is 1.35. The van der Waals surface area contributed by atoms with Gasteiger partial charge in [0.15, 0.2) is 0 Å². The quantitative estimate of drug-likeness (QED) is 0.870. The summed E-state index contributed by atoms with van der Waals surface area (Å²) < 4.78 is 44.0. The van der Waals surface area contributed by atoms with Crippen molar-refractivity contribution in [1.29, 1.82) is 0 Å². The second-order valence-electron chi connectivity index (χ2n) is 7.32. The lowest BCUT2D eigenvalue weighted by molar-refractivity contribution is -0.137. The van der Waals surface area contributed by atoms with Crippen molar-refractivity contribution >= 4 is 5.91 Å². The first kappa shape index (κ1) is 19.0. The number of hydrogen-bond donors (Lipinski definition) is 1. The van der Waals surface area contributed by atoms with Crippen molar-refractivity contribution < 1.29 is 22.7 Å². The molecule has 148 valence electrons. The van der Waals surface area contributed by atoms with Crippen LogP contribution in [0, 0.1) is 0 Å². The minimum absolute atomic E-state index is 0.0156. The molecule has 2 aromatic carbocycles. The van der Waals surface area contributed by atoms with Crippen LogP contribution in [0.25, 0.3) is 0 Å². The molecular weight excluding hydrogens is 369 g/mol. The fourth-order valence-electron chi connectivity index (χ4n) is 3.93. The van der Waals surface area contributed by atoms with Crippen molar-refractivity contribution in [3.8, 4) is 0 Å². The van der Waals surface area contributed by atoms with Crippen LogP contribution in [0.3, 0.4) is 0 Å². The lowest BCUT2D eigenvalue weighted by atomic mass is 10.1. The molecule has 0 aromatic heterocycles. The number of nitrogens with zero attached hydrogens (tertiary/aromatic N) is 1. The minimum atomic E-state index is -4.40. The zero-order valence-corrected chi connectivity index (χ0v) is 15.2. The summed E-state index contributed by atoms with van der Waals surface area (Å²) in [4.78, 5) is 14.7. The van der Waals surface area contributed by atoms with Gasteiger partial charge < -0.3 is 10.1 Å². The molecular formula is C21H21F3N2O2. The summed E-state index contributed by atoms with van der Waals surface area (Å²) in [6, 6.07) is 14.5. The highest BCUT2D eigenvalue weighted by molar-refractivity contribution is 5.94. The van der Waals surface area contributed by atoms with Gasteiger partial charge in [0.05, 0.1) is 18.3 Å². The second-order valence-corrected chi connectivity index (χ2v) is 7.32. The van der Waals surface area contributed by atoms with Crippen molar-refractivity contribution in [1.82, 2.24) is 10.2 Å². The first-order chi connectivity index (χ1) is 13.4. The molecule has 2 aromatic rings. The van der Waals surface area contributed by atoms with Crippen LogP contribution in [-0.4, -0.2) is 42.6 Å². The Morgan fingerprint density at radius 1 is 1.04 bits per heavy atom. The van der Waals surface area contributed by atoms with Gasteiger partial charge >= 0.3 is 6.18 Å². The van der Waals surface area contributed by atoms with Gasteiger partial charge in [0.2, 0.25) is 0 Å². The number of hydrogen-bond acceptors (Lipinski definition) is 3. The first-order valence-corrected chi connectivity index (χ1v) is 9.29. The summed E-state index contributed by atoms with van der Waals surface area (Å²) in [5, 5.41) is 2.95. The number of halogens is 3. The van der Waals surface area contributed by atoms with E-state index in [1.54, 1.807) is 0 Å². The van der Waals surface area contributed by atoms with Crippen LogP contribution in [-0.2, 0) is 10.9 Å². The predicted octanol–water partition coefficient (Wildman–Crippen LogP) is 3.65. The molecule has 2 fully saturated rings. The van der Waals surface area contributed by atoms with Crippen LogP contribution in [0.1, 0.15) is 34.0 Å². The van der Waals surface area contributed by atoms with Crippen molar-refractivity contribution in [2.75, 3.05) is 19.7 Å². The third-order valence-electron chi connectivity index (χ3n) is 5.40. The number of nitrogens with one attached hydrogen (secondary N) is 1. The molecule has 2 saturated heterocycles. The number of rotatable bonds is 3. The van der Waals surface area contributed by atoms with Gasteiger partial charge in [-0.2, -0.15) is 13.2 Å². The fourth-order valence-corrected chi connectivity index (χ4v) is 3.93. The molecule has 0 saturated carbocycles. The largest absolute Gasteiger partial charge is 0.416 e. The van der Waals surface area contributed by atoms with E-state index in [2.05, 4.69) is 10.2 Å². The third kappa shape index (κ3) is 4.05. The second kappa shape index (κ2) is 7.56. The van der Waals surface area contributed by atoms with Gasteiger partial charge in [-0.05, 0) is 36.2 Å². The summed E-state index contributed by atoms with van der Waals surface area (Å²) >= 11 is 0. The molecule has 2 heterocycles. The number of fused-ring (bicyclic) bond motifs is 1. The van der Waals surface area contributed by atoms with Gasteiger partial charge in [0.1, 0.15) is 0 Å². The Kier molecular flexibility index (Phi) is 5.12. The lowest BCUT2D eigenvalue weighted by Gasteiger charge is -2.35. The number of ether oxygens (including phenoxy) is 1. The van der Waals surface area contributed by atoms with E-state index in [0.29, 0.717) is 13.2 Å². The highest BCUT2D eigenvalue weighted by Crippen LogP contribution is 2.31. The normalized spacial score (nSPS) is 25.3. The van der Waals surface area contributed by atoms with Crippen molar-refractivity contribution in [2.45, 2.75) is 30.8 Å². The number of amides is 1. The van der Waals surface area contributed by atoms with Crippen LogP contribution in [0.5, 0.6) is 0 Å². The number of alkyl halides is 3. The van der Waals surface area contributed by atoms with Gasteiger partial charge in [-0.1, -0.05) is 30.3 Å². The summed E-state index contributed by atoms with van der Waals surface area (Å²) in [6.45, 7) is 2.08. The molecule has 4 rings (SSSR count). The Hall–Kier alpha value is -2.38. The molecule has 4 nitrogen and oxygen atoms in total. The Morgan fingerprint density at radius 2 is 1.75 bits per heavy atom. The van der Waals surface area contributed by atoms with Crippen molar-refractivity contribution in [3.05, 3.63) is 71.3 Å². The van der Waals surface area contributed by atoms with Crippen molar-refractivity contribution in [3.63, 3.8) is 0 Å². The maximum Gasteiger partial charge on any atom is 0.416 e. The van der Waals surface area contributed by atoms with Gasteiger partial charge in [-0.3, -0.25) is 9.69 Å². The zero-order chi connectivity index (χ0) is 19.7. The monoisotopic (exact) mass is 390 g/mol. The molecule has 7 heteroatoms. The fraction of sp³-hybridized carbons (Fsp3) is 0.381. The average Bonchev–Trinajstić information content (AvgIpc) is 3.09. The van der Waals surface area contributed by atoms with E-state index in [1.165, 1.54) is 12.1 Å². The molecule has 0 bridgehead atoms. The molecule has 1 amide bonds. The molecule has 0 spiro atoms. The number of carbonyl (C=O) groups is 1. The van der Waals surface area contributed by atoms with E-state index in [9.17, 15) is 18.0 Å². The Morgan fingerprint density at radius 3 is 2.43 bits per heavy atom. The maximum absolute atomic E-state index is 12.7. The average molecular weight is 390 g/mol. The van der Waals surface area contributed by atoms with Gasteiger partial charge in [-0.15, -0.1) is 0 Å². The standard InChI is InChI=1S/C21H21F3N2O2/c22-21(23,24)16-8-6-15(7-9-16)20(27)25-17-10-18-13-28-19(12-26(18)11-17)14-4-2-1-3-5-14/h1-9,17-19H,10-13H2,(H,25,27)/t17-,18+,19-/m1/s1. The van der Waals surface area contributed by atoms with Crippen LogP contribution in [0.4, 0.5) is 13.2 Å². The van der Waals surface area contributed by atoms with Crippen LogP contribution < -0.4 is 5.32 Å². The number of carbonyl (C=O) groups excluding carboxylic acids is 1. The minimum Gasteiger partial charge on any atom is -0.371 e. The predicted molar refractivity (Wildman–Crippen MR) is 97.8 cm³/mol. The third-order valence-corrected chi connectivity index (χ3v) is 5.40. The molecule has 0 radical (unpaired) electrons. The highest BCUT2D eigenvalue weighted by Gasteiger charge is 2.38.